The molecule has 0 aliphatic carbocycles. The molecule has 11 heavy (non-hydrogen) atoms. The van der Waals surface area contributed by atoms with Crippen molar-refractivity contribution in [2.24, 2.45) is 0 Å². The fourth-order valence-electron chi connectivity index (χ4n) is 0.677. The Hall–Kier alpha value is -0.770. The van der Waals surface area contributed by atoms with E-state index in [2.05, 4.69) is 23.1 Å². The number of hydrogen-bond acceptors (Lipinski definition) is 4. The molecular formula is C7H12N2OS. The van der Waals surface area contributed by atoms with Gasteiger partial charge in [0.05, 0.1) is 0 Å². The molecule has 1 N–H and O–H groups in total. The Balaban J connectivity index is 2.76. The second kappa shape index (κ2) is 3.09. The molecule has 4 heteroatoms. The highest BCUT2D eigenvalue weighted by Crippen LogP contribution is 2.24. The Bertz CT molecular complexity index is 234. The molecule has 0 radical (unpaired) electrons. The van der Waals surface area contributed by atoms with Crippen LogP contribution in [0.3, 0.4) is 0 Å². The molecule has 0 atom stereocenters. The molecule has 0 amide bonds. The lowest BCUT2D eigenvalue weighted by atomic mass is 10.3. The molecule has 0 spiro atoms. The van der Waals surface area contributed by atoms with Crippen LogP contribution in [0.1, 0.15) is 13.8 Å². The van der Waals surface area contributed by atoms with Gasteiger partial charge in [-0.1, -0.05) is 0 Å². The van der Waals surface area contributed by atoms with Crippen molar-refractivity contribution in [2.45, 2.75) is 19.9 Å². The van der Waals surface area contributed by atoms with Gasteiger partial charge in [0, 0.05) is 19.2 Å². The zero-order chi connectivity index (χ0) is 8.43. The van der Waals surface area contributed by atoms with E-state index >= 15 is 0 Å². The molecular weight excluding hydrogens is 160 g/mol. The van der Waals surface area contributed by atoms with Crippen molar-refractivity contribution in [2.75, 3.05) is 11.9 Å². The normalized spacial score (nSPS) is 10.5. The third kappa shape index (κ3) is 1.83. The van der Waals surface area contributed by atoms with Crippen LogP contribution < -0.4 is 4.90 Å². The van der Waals surface area contributed by atoms with Gasteiger partial charge in [0.2, 0.25) is 5.88 Å². The van der Waals surface area contributed by atoms with Crippen LogP contribution in [0.25, 0.3) is 0 Å². The Morgan fingerprint density at radius 2 is 2.27 bits per heavy atom. The van der Waals surface area contributed by atoms with Crippen LogP contribution in [0.2, 0.25) is 0 Å². The second-order valence-electron chi connectivity index (χ2n) is 2.73. The lowest BCUT2D eigenvalue weighted by Crippen LogP contribution is -2.24. The van der Waals surface area contributed by atoms with Crippen LogP contribution in [0.15, 0.2) is 6.07 Å². The fourth-order valence-corrected chi connectivity index (χ4v) is 1.41. The summed E-state index contributed by atoms with van der Waals surface area (Å²) in [7, 11) is 1.98. The van der Waals surface area contributed by atoms with Crippen molar-refractivity contribution < 1.29 is 5.11 Å². The van der Waals surface area contributed by atoms with Gasteiger partial charge >= 0.3 is 0 Å². The summed E-state index contributed by atoms with van der Waals surface area (Å²) in [4.78, 5) is 2.07. The van der Waals surface area contributed by atoms with E-state index in [4.69, 9.17) is 5.11 Å². The van der Waals surface area contributed by atoms with E-state index in [9.17, 15) is 0 Å². The predicted octanol–water partition coefficient (Wildman–Crippen LogP) is 1.69. The van der Waals surface area contributed by atoms with E-state index in [-0.39, 0.29) is 5.88 Å². The predicted molar refractivity (Wildman–Crippen MR) is 47.3 cm³/mol. The van der Waals surface area contributed by atoms with Crippen LogP contribution in [-0.2, 0) is 0 Å². The van der Waals surface area contributed by atoms with Crippen molar-refractivity contribution in [1.29, 1.82) is 0 Å². The average Bonchev–Trinajstić information content (AvgIpc) is 2.34. The maximum Gasteiger partial charge on any atom is 0.224 e. The number of rotatable bonds is 2. The molecule has 0 saturated carbocycles. The van der Waals surface area contributed by atoms with Gasteiger partial charge in [0.15, 0.2) is 0 Å². The number of nitrogens with zero attached hydrogens (tertiary/aromatic N) is 2. The molecule has 0 saturated heterocycles. The summed E-state index contributed by atoms with van der Waals surface area (Å²) in [6.07, 6.45) is 0. The molecule has 0 aliphatic heterocycles. The van der Waals surface area contributed by atoms with Gasteiger partial charge in [-0.25, -0.2) is 0 Å². The average molecular weight is 172 g/mol. The van der Waals surface area contributed by atoms with Crippen LogP contribution in [0, 0.1) is 0 Å². The van der Waals surface area contributed by atoms with Gasteiger partial charge in [-0.2, -0.15) is 4.37 Å². The minimum Gasteiger partial charge on any atom is -0.493 e. The maximum absolute atomic E-state index is 8.96. The Morgan fingerprint density at radius 1 is 1.64 bits per heavy atom. The summed E-state index contributed by atoms with van der Waals surface area (Å²) >= 11 is 1.31. The molecule has 0 bridgehead atoms. The van der Waals surface area contributed by atoms with Gasteiger partial charge in [-0.15, -0.1) is 0 Å². The SMILES string of the molecule is CC(C)N(C)c1cc(O)ns1. The highest BCUT2D eigenvalue weighted by molar-refractivity contribution is 7.10. The lowest BCUT2D eigenvalue weighted by Gasteiger charge is -2.20. The van der Waals surface area contributed by atoms with Crippen molar-refractivity contribution in [3.63, 3.8) is 0 Å². The molecule has 3 nitrogen and oxygen atoms in total. The first-order chi connectivity index (χ1) is 5.11. The summed E-state index contributed by atoms with van der Waals surface area (Å²) in [5.41, 5.74) is 0. The van der Waals surface area contributed by atoms with Crippen LogP contribution in [-0.4, -0.2) is 22.6 Å². The summed E-state index contributed by atoms with van der Waals surface area (Å²) in [6, 6.07) is 2.11. The standard InChI is InChI=1S/C7H12N2OS/c1-5(2)9(3)7-4-6(10)8-11-7/h4-5H,1-3H3,(H,8,10). The lowest BCUT2D eigenvalue weighted by molar-refractivity contribution is 0.460. The number of aromatic nitrogens is 1. The van der Waals surface area contributed by atoms with Gasteiger partial charge in [0.1, 0.15) is 5.00 Å². The van der Waals surface area contributed by atoms with E-state index in [0.717, 1.165) is 5.00 Å². The molecule has 1 aromatic heterocycles. The minimum absolute atomic E-state index is 0.109. The minimum atomic E-state index is 0.109. The third-order valence-corrected chi connectivity index (χ3v) is 2.48. The van der Waals surface area contributed by atoms with E-state index in [1.807, 2.05) is 7.05 Å². The Kier molecular flexibility index (Phi) is 2.34. The Morgan fingerprint density at radius 3 is 2.64 bits per heavy atom. The fraction of sp³-hybridized carbons (Fsp3) is 0.571. The van der Waals surface area contributed by atoms with Crippen LogP contribution in [0.5, 0.6) is 5.88 Å². The van der Waals surface area contributed by atoms with Crippen molar-refractivity contribution in [3.05, 3.63) is 6.07 Å². The topological polar surface area (TPSA) is 36.4 Å². The molecule has 0 aliphatic rings. The van der Waals surface area contributed by atoms with Crippen LogP contribution in [0.4, 0.5) is 5.00 Å². The Labute approximate surface area is 70.4 Å². The maximum atomic E-state index is 8.96. The van der Waals surface area contributed by atoms with E-state index in [1.165, 1.54) is 11.5 Å². The summed E-state index contributed by atoms with van der Waals surface area (Å²) in [5, 5.41) is 9.95. The van der Waals surface area contributed by atoms with Gasteiger partial charge in [-0.05, 0) is 25.4 Å². The summed E-state index contributed by atoms with van der Waals surface area (Å²) in [5.74, 6) is 0.109. The highest BCUT2D eigenvalue weighted by Gasteiger charge is 2.07. The molecule has 1 aromatic rings. The van der Waals surface area contributed by atoms with Crippen LogP contribution >= 0.6 is 11.5 Å². The first kappa shape index (κ1) is 8.33. The third-order valence-electron chi connectivity index (χ3n) is 1.61. The first-order valence-electron chi connectivity index (χ1n) is 3.49. The smallest absolute Gasteiger partial charge is 0.224 e. The zero-order valence-corrected chi connectivity index (χ0v) is 7.72. The largest absolute Gasteiger partial charge is 0.493 e. The zero-order valence-electron chi connectivity index (χ0n) is 6.90. The summed E-state index contributed by atoms with van der Waals surface area (Å²) in [6.45, 7) is 4.19. The molecule has 0 unspecified atom stereocenters. The number of anilines is 1. The second-order valence-corrected chi connectivity index (χ2v) is 3.51. The van der Waals surface area contributed by atoms with E-state index < -0.39 is 0 Å². The number of hydrogen-bond donors (Lipinski definition) is 1. The van der Waals surface area contributed by atoms with Gasteiger partial charge in [0.25, 0.3) is 0 Å². The van der Waals surface area contributed by atoms with E-state index in [0.29, 0.717) is 6.04 Å². The van der Waals surface area contributed by atoms with Crippen molar-refractivity contribution in [3.8, 4) is 5.88 Å². The molecule has 1 rings (SSSR count). The number of aromatic hydroxyl groups is 1. The molecule has 0 aromatic carbocycles. The van der Waals surface area contributed by atoms with Gasteiger partial charge < -0.3 is 10.0 Å². The quantitative estimate of drug-likeness (QED) is 0.737. The highest BCUT2D eigenvalue weighted by atomic mass is 32.1. The molecule has 0 fully saturated rings. The monoisotopic (exact) mass is 172 g/mol. The summed E-state index contributed by atoms with van der Waals surface area (Å²) < 4.78 is 3.78. The van der Waals surface area contributed by atoms with Crippen molar-refractivity contribution >= 4 is 16.5 Å². The molecule has 62 valence electrons. The van der Waals surface area contributed by atoms with E-state index in [1.54, 1.807) is 6.07 Å². The van der Waals surface area contributed by atoms with Gasteiger partial charge in [-0.3, -0.25) is 0 Å². The van der Waals surface area contributed by atoms with Crippen molar-refractivity contribution in [1.82, 2.24) is 4.37 Å². The first-order valence-corrected chi connectivity index (χ1v) is 4.27. The molecule has 1 heterocycles.